The van der Waals surface area contributed by atoms with Crippen molar-refractivity contribution in [2.75, 3.05) is 20.2 Å². The molecule has 26 heavy (non-hydrogen) atoms. The summed E-state index contributed by atoms with van der Waals surface area (Å²) in [5.74, 6) is -2.14. The Hall–Kier alpha value is -1.89. The first-order valence-corrected chi connectivity index (χ1v) is 9.48. The maximum absolute atomic E-state index is 13.1. The van der Waals surface area contributed by atoms with Crippen LogP contribution in [0.1, 0.15) is 33.6 Å². The normalized spacial score (nSPS) is 31.5. The number of fused-ring (bicyclic) bond motifs is 1. The molecule has 0 saturated carbocycles. The average Bonchev–Trinajstić information content (AvgIpc) is 2.87. The van der Waals surface area contributed by atoms with Gasteiger partial charge in [-0.1, -0.05) is 32.4 Å². The van der Waals surface area contributed by atoms with E-state index in [0.29, 0.717) is 0 Å². The minimum Gasteiger partial charge on any atom is -0.395 e. The molecule has 7 heteroatoms. The number of hydrogen-bond acceptors (Lipinski definition) is 4. The second kappa shape index (κ2) is 8.66. The van der Waals surface area contributed by atoms with Gasteiger partial charge in [0, 0.05) is 25.6 Å². The number of aliphatic hydroxyl groups is 1. The van der Waals surface area contributed by atoms with Gasteiger partial charge in [-0.2, -0.15) is 0 Å². The summed E-state index contributed by atoms with van der Waals surface area (Å²) < 4.78 is 0. The van der Waals surface area contributed by atoms with Gasteiger partial charge in [0.15, 0.2) is 0 Å². The van der Waals surface area contributed by atoms with E-state index in [1.54, 1.807) is 7.05 Å². The lowest BCUT2D eigenvalue weighted by Crippen LogP contribution is -2.50. The van der Waals surface area contributed by atoms with Gasteiger partial charge in [-0.15, -0.1) is 0 Å². The highest BCUT2D eigenvalue weighted by Gasteiger charge is 2.56. The lowest BCUT2D eigenvalue weighted by atomic mass is 9.70. The highest BCUT2D eigenvalue weighted by Crippen LogP contribution is 2.43. The van der Waals surface area contributed by atoms with Crippen molar-refractivity contribution < 1.29 is 19.5 Å². The molecule has 1 unspecified atom stereocenters. The third-order valence-electron chi connectivity index (χ3n) is 5.54. The predicted molar refractivity (Wildman–Crippen MR) is 97.9 cm³/mol. The maximum Gasteiger partial charge on any atom is 0.243 e. The van der Waals surface area contributed by atoms with Gasteiger partial charge in [0.1, 0.15) is 6.04 Å². The molecular weight excluding hydrogens is 334 g/mol. The molecular formula is C19H31N3O4. The molecule has 1 fully saturated rings. The second-order valence-corrected chi connectivity index (χ2v) is 7.39. The highest BCUT2D eigenvalue weighted by atomic mass is 16.3. The van der Waals surface area contributed by atoms with E-state index in [4.69, 9.17) is 0 Å². The van der Waals surface area contributed by atoms with E-state index < -0.39 is 17.9 Å². The van der Waals surface area contributed by atoms with E-state index in [9.17, 15) is 19.5 Å². The van der Waals surface area contributed by atoms with Crippen molar-refractivity contribution in [2.45, 2.75) is 45.7 Å². The molecule has 0 aromatic rings. The van der Waals surface area contributed by atoms with Crippen molar-refractivity contribution >= 4 is 17.7 Å². The molecule has 2 rings (SSSR count). The topological polar surface area (TPSA) is 98.7 Å². The number of allylic oxidation sites excluding steroid dienone is 1. The molecule has 7 nitrogen and oxygen atoms in total. The summed E-state index contributed by atoms with van der Waals surface area (Å²) in [6, 6.07) is -0.672. The van der Waals surface area contributed by atoms with Crippen LogP contribution in [0.4, 0.5) is 0 Å². The van der Waals surface area contributed by atoms with Crippen LogP contribution < -0.4 is 10.6 Å². The molecule has 0 aromatic carbocycles. The lowest BCUT2D eigenvalue weighted by Gasteiger charge is -2.32. The molecule has 0 aromatic heterocycles. The number of likely N-dealkylation sites (tertiary alicyclic amines) is 1. The first-order valence-electron chi connectivity index (χ1n) is 9.48. The first-order chi connectivity index (χ1) is 12.4. The first kappa shape index (κ1) is 20.4. The molecule has 2 aliphatic rings. The maximum atomic E-state index is 13.1. The predicted octanol–water partition coefficient (Wildman–Crippen LogP) is 0.295. The summed E-state index contributed by atoms with van der Waals surface area (Å²) in [6.45, 7) is 5.78. The number of amides is 3. The van der Waals surface area contributed by atoms with Crippen molar-refractivity contribution in [1.29, 1.82) is 0 Å². The van der Waals surface area contributed by atoms with E-state index in [1.807, 2.05) is 26.0 Å². The number of β-amino-alcohol motifs (C(OH)–C–C–N with tert-alkyl or cyclic N) is 1. The van der Waals surface area contributed by atoms with Gasteiger partial charge in [0.2, 0.25) is 17.7 Å². The van der Waals surface area contributed by atoms with Crippen LogP contribution in [-0.4, -0.2) is 60.0 Å². The fourth-order valence-electron chi connectivity index (χ4n) is 4.34. The number of nitrogens with zero attached hydrogens (tertiary/aromatic N) is 1. The van der Waals surface area contributed by atoms with Gasteiger partial charge in [-0.3, -0.25) is 14.4 Å². The zero-order valence-electron chi connectivity index (χ0n) is 16.1. The summed E-state index contributed by atoms with van der Waals surface area (Å²) in [5.41, 5.74) is 0. The van der Waals surface area contributed by atoms with E-state index in [-0.39, 0.29) is 48.8 Å². The van der Waals surface area contributed by atoms with E-state index in [1.165, 1.54) is 4.90 Å². The van der Waals surface area contributed by atoms with Crippen molar-refractivity contribution in [1.82, 2.24) is 15.5 Å². The molecule has 3 N–H and O–H groups in total. The van der Waals surface area contributed by atoms with Crippen LogP contribution >= 0.6 is 0 Å². The van der Waals surface area contributed by atoms with Crippen molar-refractivity contribution in [3.8, 4) is 0 Å². The number of nitrogens with one attached hydrogen (secondary N) is 2. The van der Waals surface area contributed by atoms with Crippen molar-refractivity contribution in [3.63, 3.8) is 0 Å². The van der Waals surface area contributed by atoms with Crippen LogP contribution in [0.2, 0.25) is 0 Å². The lowest BCUT2D eigenvalue weighted by molar-refractivity contribution is -0.141. The second-order valence-electron chi connectivity index (χ2n) is 7.39. The molecule has 0 bridgehead atoms. The molecule has 1 saturated heterocycles. The molecule has 1 heterocycles. The Bertz CT molecular complexity index is 577. The van der Waals surface area contributed by atoms with E-state index in [2.05, 4.69) is 17.6 Å². The summed E-state index contributed by atoms with van der Waals surface area (Å²) in [6.07, 6.45) is 5.63. The van der Waals surface area contributed by atoms with Crippen LogP contribution in [0.25, 0.3) is 0 Å². The Kier molecular flexibility index (Phi) is 6.81. The van der Waals surface area contributed by atoms with Crippen molar-refractivity contribution in [3.05, 3.63) is 12.2 Å². The molecule has 146 valence electrons. The molecule has 1 aliphatic heterocycles. The monoisotopic (exact) mass is 365 g/mol. The third-order valence-corrected chi connectivity index (χ3v) is 5.54. The molecule has 0 spiro atoms. The molecule has 6 atom stereocenters. The van der Waals surface area contributed by atoms with E-state index >= 15 is 0 Å². The standard InChI is InChI=1S/C19H31N3O4/c1-5-6-12(3)21-18(25)16-13-8-7-11(2)14(17(24)20-4)15(13)19(26)22(16)9-10-23/h7-8,11-16,23H,5-6,9-10H2,1-4H3,(H,20,24)(H,21,25)/t11-,12?,13+,14-,15+,16+/m1/s1. The molecule has 3 amide bonds. The smallest absolute Gasteiger partial charge is 0.243 e. The Morgan fingerprint density at radius 2 is 2.00 bits per heavy atom. The number of aliphatic hydroxyl groups excluding tert-OH is 1. The average molecular weight is 365 g/mol. The van der Waals surface area contributed by atoms with Gasteiger partial charge in [-0.25, -0.2) is 0 Å². The summed E-state index contributed by atoms with van der Waals surface area (Å²) in [4.78, 5) is 39.8. The number of carbonyl (C=O) groups is 3. The molecule has 0 radical (unpaired) electrons. The largest absolute Gasteiger partial charge is 0.395 e. The minimum absolute atomic E-state index is 0.0128. The highest BCUT2D eigenvalue weighted by molar-refractivity contribution is 5.96. The zero-order valence-corrected chi connectivity index (χ0v) is 16.1. The van der Waals surface area contributed by atoms with Gasteiger partial charge in [-0.05, 0) is 19.3 Å². The van der Waals surface area contributed by atoms with Crippen LogP contribution in [0, 0.1) is 23.7 Å². The Morgan fingerprint density at radius 1 is 1.31 bits per heavy atom. The molecule has 1 aliphatic carbocycles. The van der Waals surface area contributed by atoms with E-state index in [0.717, 1.165) is 12.8 Å². The van der Waals surface area contributed by atoms with Gasteiger partial charge >= 0.3 is 0 Å². The quantitative estimate of drug-likeness (QED) is 0.565. The Balaban J connectivity index is 2.34. The number of carbonyl (C=O) groups excluding carboxylic acids is 3. The summed E-state index contributed by atoms with van der Waals surface area (Å²) in [7, 11) is 1.56. The van der Waals surface area contributed by atoms with Crippen LogP contribution in [-0.2, 0) is 14.4 Å². The Morgan fingerprint density at radius 3 is 2.58 bits per heavy atom. The van der Waals surface area contributed by atoms with Crippen LogP contribution in [0.3, 0.4) is 0 Å². The van der Waals surface area contributed by atoms with Gasteiger partial charge < -0.3 is 20.6 Å². The number of rotatable bonds is 7. The SMILES string of the molecule is CCCC(C)NC(=O)[C@@H]1[C@H]2C=C[C@@H](C)[C@@H](C(=O)NC)[C@H]2C(=O)N1CCO. The van der Waals surface area contributed by atoms with Crippen molar-refractivity contribution in [2.24, 2.45) is 23.7 Å². The summed E-state index contributed by atoms with van der Waals surface area (Å²) in [5, 5.41) is 15.0. The zero-order chi connectivity index (χ0) is 19.4. The van der Waals surface area contributed by atoms with Crippen LogP contribution in [0.5, 0.6) is 0 Å². The van der Waals surface area contributed by atoms with Gasteiger partial charge in [0.05, 0.1) is 18.4 Å². The minimum atomic E-state index is -0.685. The summed E-state index contributed by atoms with van der Waals surface area (Å²) >= 11 is 0. The third kappa shape index (κ3) is 3.77. The van der Waals surface area contributed by atoms with Crippen LogP contribution in [0.15, 0.2) is 12.2 Å². The fourth-order valence-corrected chi connectivity index (χ4v) is 4.34. The fraction of sp³-hybridized carbons (Fsp3) is 0.737. The van der Waals surface area contributed by atoms with Gasteiger partial charge in [0.25, 0.3) is 0 Å². The Labute approximate surface area is 155 Å². The number of hydrogen-bond donors (Lipinski definition) is 3.